The fraction of sp³-hybridized carbons (Fsp3) is 0.500. The molecule has 1 fully saturated rings. The number of carbonyl (C=O) groups excluding carboxylic acids is 1. The lowest BCUT2D eigenvalue weighted by Gasteiger charge is -2.15. The molecule has 2 rings (SSSR count). The van der Waals surface area contributed by atoms with E-state index in [0.29, 0.717) is 0 Å². The van der Waals surface area contributed by atoms with Crippen LogP contribution in [0.2, 0.25) is 0 Å². The second-order valence-corrected chi connectivity index (χ2v) is 4.94. The maximum Gasteiger partial charge on any atom is 0.252 e. The highest BCUT2D eigenvalue weighted by molar-refractivity contribution is 5.97. The lowest BCUT2D eigenvalue weighted by atomic mass is 9.99. The van der Waals surface area contributed by atoms with E-state index in [1.807, 2.05) is 13.8 Å². The molecule has 1 atom stereocenters. The molecule has 0 saturated carbocycles. The molecule has 1 aromatic rings. The quantitative estimate of drug-likeness (QED) is 0.815. The second-order valence-electron chi connectivity index (χ2n) is 4.94. The van der Waals surface area contributed by atoms with Gasteiger partial charge < -0.3 is 10.6 Å². The minimum Gasteiger partial charge on any atom is -0.348 e. The summed E-state index contributed by atoms with van der Waals surface area (Å²) in [4.78, 5) is 12.2. The maximum absolute atomic E-state index is 12.2. The Bertz CT molecular complexity index is 411. The van der Waals surface area contributed by atoms with Gasteiger partial charge in [-0.3, -0.25) is 4.79 Å². The zero-order valence-electron chi connectivity index (χ0n) is 10.8. The predicted octanol–water partition coefficient (Wildman–Crippen LogP) is 1.70. The topological polar surface area (TPSA) is 41.1 Å². The van der Waals surface area contributed by atoms with Crippen LogP contribution >= 0.6 is 0 Å². The normalized spacial score (nSPS) is 19.4. The summed E-state index contributed by atoms with van der Waals surface area (Å²) in [5, 5.41) is 6.35. The van der Waals surface area contributed by atoms with Gasteiger partial charge in [-0.05, 0) is 44.9 Å². The van der Waals surface area contributed by atoms with Crippen LogP contribution < -0.4 is 10.6 Å². The Balaban J connectivity index is 2.18. The average molecular weight is 232 g/mol. The molecule has 17 heavy (non-hydrogen) atoms. The molecule has 1 saturated heterocycles. The second kappa shape index (κ2) is 4.88. The smallest absolute Gasteiger partial charge is 0.252 e. The molecule has 0 aliphatic carbocycles. The highest BCUT2D eigenvalue weighted by Crippen LogP contribution is 2.16. The molecule has 3 nitrogen and oxygen atoms in total. The summed E-state index contributed by atoms with van der Waals surface area (Å²) in [7, 11) is 0. The van der Waals surface area contributed by atoms with Crippen LogP contribution in [0.1, 0.15) is 33.5 Å². The van der Waals surface area contributed by atoms with E-state index < -0.39 is 0 Å². The van der Waals surface area contributed by atoms with E-state index in [1.54, 1.807) is 0 Å². The van der Waals surface area contributed by atoms with Crippen LogP contribution in [0.3, 0.4) is 0 Å². The SMILES string of the molecule is Cc1cc(C)c(C(=O)NC2CCNC2)c(C)c1. The zero-order valence-corrected chi connectivity index (χ0v) is 10.8. The Hall–Kier alpha value is -1.35. The van der Waals surface area contributed by atoms with Crippen LogP contribution in [0.4, 0.5) is 0 Å². The largest absolute Gasteiger partial charge is 0.348 e. The van der Waals surface area contributed by atoms with Crippen molar-refractivity contribution in [2.24, 2.45) is 0 Å². The summed E-state index contributed by atoms with van der Waals surface area (Å²) in [6, 6.07) is 4.41. The summed E-state index contributed by atoms with van der Waals surface area (Å²) >= 11 is 0. The van der Waals surface area contributed by atoms with E-state index >= 15 is 0 Å². The molecule has 0 radical (unpaired) electrons. The van der Waals surface area contributed by atoms with Crippen molar-refractivity contribution in [1.29, 1.82) is 0 Å². The van der Waals surface area contributed by atoms with Crippen molar-refractivity contribution in [2.75, 3.05) is 13.1 Å². The van der Waals surface area contributed by atoms with Gasteiger partial charge in [-0.2, -0.15) is 0 Å². The van der Waals surface area contributed by atoms with Gasteiger partial charge in [0.25, 0.3) is 5.91 Å². The first-order valence-corrected chi connectivity index (χ1v) is 6.17. The third-order valence-corrected chi connectivity index (χ3v) is 3.30. The molecule has 0 bridgehead atoms. The molecule has 3 heteroatoms. The van der Waals surface area contributed by atoms with Crippen molar-refractivity contribution in [3.8, 4) is 0 Å². The third-order valence-electron chi connectivity index (χ3n) is 3.30. The van der Waals surface area contributed by atoms with Crippen LogP contribution in [0.25, 0.3) is 0 Å². The van der Waals surface area contributed by atoms with Crippen molar-refractivity contribution < 1.29 is 4.79 Å². The molecule has 1 unspecified atom stereocenters. The predicted molar refractivity (Wildman–Crippen MR) is 69.4 cm³/mol. The molecule has 1 aliphatic rings. The Kier molecular flexibility index (Phi) is 3.48. The number of nitrogens with one attached hydrogen (secondary N) is 2. The lowest BCUT2D eigenvalue weighted by Crippen LogP contribution is -2.36. The molecule has 1 aliphatic heterocycles. The Morgan fingerprint density at radius 2 is 1.94 bits per heavy atom. The highest BCUT2D eigenvalue weighted by Gasteiger charge is 2.19. The first-order chi connectivity index (χ1) is 8.08. The lowest BCUT2D eigenvalue weighted by molar-refractivity contribution is 0.0939. The van der Waals surface area contributed by atoms with E-state index in [4.69, 9.17) is 0 Å². The van der Waals surface area contributed by atoms with Crippen molar-refractivity contribution in [1.82, 2.24) is 10.6 Å². The number of rotatable bonds is 2. The Morgan fingerprint density at radius 1 is 1.29 bits per heavy atom. The molecular weight excluding hydrogens is 212 g/mol. The molecule has 92 valence electrons. The van der Waals surface area contributed by atoms with E-state index in [2.05, 4.69) is 29.7 Å². The van der Waals surface area contributed by atoms with E-state index in [1.165, 1.54) is 5.56 Å². The fourth-order valence-corrected chi connectivity index (χ4v) is 2.57. The van der Waals surface area contributed by atoms with Gasteiger partial charge in [0.15, 0.2) is 0 Å². The van der Waals surface area contributed by atoms with Crippen LogP contribution in [-0.2, 0) is 0 Å². The van der Waals surface area contributed by atoms with Gasteiger partial charge in [-0.1, -0.05) is 17.7 Å². The summed E-state index contributed by atoms with van der Waals surface area (Å²) in [6.07, 6.45) is 1.02. The van der Waals surface area contributed by atoms with Gasteiger partial charge in [0, 0.05) is 18.2 Å². The molecular formula is C14H20N2O. The van der Waals surface area contributed by atoms with Crippen LogP contribution in [0.15, 0.2) is 12.1 Å². The summed E-state index contributed by atoms with van der Waals surface area (Å²) in [5.74, 6) is 0.0636. The standard InChI is InChI=1S/C14H20N2O/c1-9-6-10(2)13(11(3)7-9)14(17)16-12-4-5-15-8-12/h6-7,12,15H,4-5,8H2,1-3H3,(H,16,17). The van der Waals surface area contributed by atoms with Gasteiger partial charge in [-0.15, -0.1) is 0 Å². The van der Waals surface area contributed by atoms with Gasteiger partial charge >= 0.3 is 0 Å². The van der Waals surface area contributed by atoms with Crippen molar-refractivity contribution >= 4 is 5.91 Å². The molecule has 1 aromatic carbocycles. The third kappa shape index (κ3) is 2.67. The van der Waals surface area contributed by atoms with Crippen molar-refractivity contribution in [2.45, 2.75) is 33.2 Å². The van der Waals surface area contributed by atoms with Crippen molar-refractivity contribution in [3.05, 3.63) is 34.4 Å². The zero-order chi connectivity index (χ0) is 12.4. The number of carbonyl (C=O) groups is 1. The van der Waals surface area contributed by atoms with Gasteiger partial charge in [0.05, 0.1) is 0 Å². The number of hydrogen-bond acceptors (Lipinski definition) is 2. The van der Waals surface area contributed by atoms with Crippen LogP contribution in [-0.4, -0.2) is 25.0 Å². The molecule has 2 N–H and O–H groups in total. The Labute approximate surface area is 103 Å². The van der Waals surface area contributed by atoms with Crippen molar-refractivity contribution in [3.63, 3.8) is 0 Å². The number of amides is 1. The average Bonchev–Trinajstić information content (AvgIpc) is 2.68. The minimum absolute atomic E-state index is 0.0636. The number of aryl methyl sites for hydroxylation is 3. The van der Waals surface area contributed by atoms with Gasteiger partial charge in [0.2, 0.25) is 0 Å². The monoisotopic (exact) mass is 232 g/mol. The van der Waals surface area contributed by atoms with E-state index in [-0.39, 0.29) is 11.9 Å². The maximum atomic E-state index is 12.2. The molecule has 0 aromatic heterocycles. The van der Waals surface area contributed by atoms with Crippen LogP contribution in [0.5, 0.6) is 0 Å². The summed E-state index contributed by atoms with van der Waals surface area (Å²) < 4.78 is 0. The molecule has 1 amide bonds. The minimum atomic E-state index is 0.0636. The van der Waals surface area contributed by atoms with Gasteiger partial charge in [0.1, 0.15) is 0 Å². The van der Waals surface area contributed by atoms with E-state index in [0.717, 1.165) is 36.2 Å². The number of hydrogen-bond donors (Lipinski definition) is 2. The number of benzene rings is 1. The Morgan fingerprint density at radius 3 is 2.47 bits per heavy atom. The van der Waals surface area contributed by atoms with E-state index in [9.17, 15) is 4.79 Å². The van der Waals surface area contributed by atoms with Gasteiger partial charge in [-0.25, -0.2) is 0 Å². The van der Waals surface area contributed by atoms with Crippen LogP contribution in [0, 0.1) is 20.8 Å². The highest BCUT2D eigenvalue weighted by atomic mass is 16.1. The summed E-state index contributed by atoms with van der Waals surface area (Å²) in [6.45, 7) is 7.94. The molecule has 0 spiro atoms. The first kappa shape index (κ1) is 12.1. The fourth-order valence-electron chi connectivity index (χ4n) is 2.57. The molecule has 1 heterocycles. The first-order valence-electron chi connectivity index (χ1n) is 6.17. The summed E-state index contributed by atoms with van der Waals surface area (Å²) in [5.41, 5.74) is 4.17.